The summed E-state index contributed by atoms with van der Waals surface area (Å²) in [6, 6.07) is 7.47. The summed E-state index contributed by atoms with van der Waals surface area (Å²) >= 11 is 0. The molecule has 0 N–H and O–H groups in total. The fraction of sp³-hybridized carbons (Fsp3) is 0.500. The summed E-state index contributed by atoms with van der Waals surface area (Å²) in [4.78, 5) is 14.9. The molecule has 132 valence electrons. The summed E-state index contributed by atoms with van der Waals surface area (Å²) in [6.07, 6.45) is 2.72. The topological polar surface area (TPSA) is 69.5 Å². The van der Waals surface area contributed by atoms with Crippen LogP contribution in [0.3, 0.4) is 0 Å². The average Bonchev–Trinajstić information content (AvgIpc) is 3.06. The normalized spacial score (nSPS) is 25.7. The maximum absolute atomic E-state index is 13.1. The van der Waals surface area contributed by atoms with Gasteiger partial charge in [0.15, 0.2) is 11.5 Å². The molecule has 4 rings (SSSR count). The Morgan fingerprint density at radius 3 is 2.72 bits per heavy atom. The van der Waals surface area contributed by atoms with E-state index in [4.69, 9.17) is 9.47 Å². The Balaban J connectivity index is 1.50. The molecule has 1 amide bonds. The number of hydrogen-bond donors (Lipinski definition) is 0. The lowest BCUT2D eigenvalue weighted by molar-refractivity contribution is -0.145. The molecule has 0 radical (unpaired) electrons. The van der Waals surface area contributed by atoms with Crippen LogP contribution in [0, 0.1) is 0 Å². The summed E-state index contributed by atoms with van der Waals surface area (Å²) in [6.45, 7) is 3.25. The molecule has 3 heterocycles. The molecule has 2 aliphatic rings. The Kier molecular flexibility index (Phi) is 4.07. The first-order valence-electron chi connectivity index (χ1n) is 8.68. The first-order chi connectivity index (χ1) is 12.1. The fourth-order valence-electron chi connectivity index (χ4n) is 3.62. The van der Waals surface area contributed by atoms with Crippen LogP contribution >= 0.6 is 0 Å². The first-order valence-corrected chi connectivity index (χ1v) is 8.68. The molecule has 25 heavy (non-hydrogen) atoms. The van der Waals surface area contributed by atoms with E-state index in [-0.39, 0.29) is 17.9 Å². The van der Waals surface area contributed by atoms with Gasteiger partial charge in [-0.15, -0.1) is 10.2 Å². The number of benzene rings is 1. The molecule has 0 bridgehead atoms. The minimum atomic E-state index is -0.617. The van der Waals surface area contributed by atoms with Crippen molar-refractivity contribution in [1.29, 1.82) is 0 Å². The predicted molar refractivity (Wildman–Crippen MR) is 90.5 cm³/mol. The monoisotopic (exact) mass is 342 g/mol. The number of carbonyl (C=O) groups excluding carboxylic acids is 1. The Bertz CT molecular complexity index is 775. The largest absolute Gasteiger partial charge is 0.482 e. The molecule has 0 saturated carbocycles. The van der Waals surface area contributed by atoms with Crippen LogP contribution in [0.5, 0.6) is 11.5 Å². The van der Waals surface area contributed by atoms with Gasteiger partial charge in [-0.3, -0.25) is 4.79 Å². The average molecular weight is 342 g/mol. The maximum atomic E-state index is 13.1. The number of aryl methyl sites for hydroxylation is 1. The molecule has 1 aromatic carbocycles. The lowest BCUT2D eigenvalue weighted by Crippen LogP contribution is -2.52. The van der Waals surface area contributed by atoms with Crippen molar-refractivity contribution in [3.05, 3.63) is 36.4 Å². The number of hydrogen-bond acceptors (Lipinski definition) is 5. The highest BCUT2D eigenvalue weighted by Crippen LogP contribution is 2.34. The van der Waals surface area contributed by atoms with E-state index in [1.54, 1.807) is 6.33 Å². The number of amides is 1. The van der Waals surface area contributed by atoms with Crippen molar-refractivity contribution in [2.24, 2.45) is 7.05 Å². The number of likely N-dealkylation sites (tertiary alicyclic amines) is 1. The smallest absolute Gasteiger partial charge is 0.267 e. The van der Waals surface area contributed by atoms with Gasteiger partial charge < -0.3 is 18.9 Å². The Morgan fingerprint density at radius 2 is 2.00 bits per heavy atom. The molecule has 1 saturated heterocycles. The van der Waals surface area contributed by atoms with Crippen LogP contribution in [0.4, 0.5) is 0 Å². The van der Waals surface area contributed by atoms with E-state index in [2.05, 4.69) is 10.2 Å². The van der Waals surface area contributed by atoms with Gasteiger partial charge in [-0.2, -0.15) is 0 Å². The second kappa shape index (κ2) is 6.38. The SMILES string of the molecule is C[C@@H]1Oc2ccccc2O[C@@H]1C(=O)N1CCC[C@H](c2nncn2C)C1. The Morgan fingerprint density at radius 1 is 1.24 bits per heavy atom. The minimum Gasteiger partial charge on any atom is -0.482 e. The van der Waals surface area contributed by atoms with Crippen molar-refractivity contribution in [3.63, 3.8) is 0 Å². The number of nitrogens with zero attached hydrogens (tertiary/aromatic N) is 4. The van der Waals surface area contributed by atoms with Crippen LogP contribution in [-0.2, 0) is 11.8 Å². The number of ether oxygens (including phenoxy) is 2. The van der Waals surface area contributed by atoms with E-state index >= 15 is 0 Å². The van der Waals surface area contributed by atoms with E-state index in [1.807, 2.05) is 47.7 Å². The van der Waals surface area contributed by atoms with E-state index in [9.17, 15) is 4.79 Å². The lowest BCUT2D eigenvalue weighted by atomic mass is 9.96. The predicted octanol–water partition coefficient (Wildman–Crippen LogP) is 1.75. The van der Waals surface area contributed by atoms with Crippen LogP contribution in [0.2, 0.25) is 0 Å². The van der Waals surface area contributed by atoms with Crippen molar-refractivity contribution < 1.29 is 14.3 Å². The van der Waals surface area contributed by atoms with Crippen molar-refractivity contribution >= 4 is 5.91 Å². The summed E-state index contributed by atoms with van der Waals surface area (Å²) in [5.74, 6) is 2.43. The third-order valence-electron chi connectivity index (χ3n) is 4.93. The molecule has 0 aliphatic carbocycles. The number of carbonyl (C=O) groups is 1. The van der Waals surface area contributed by atoms with E-state index < -0.39 is 6.10 Å². The second-order valence-corrected chi connectivity index (χ2v) is 6.73. The molecule has 1 aromatic heterocycles. The molecule has 1 fully saturated rings. The van der Waals surface area contributed by atoms with E-state index in [1.165, 1.54) is 0 Å². The lowest BCUT2D eigenvalue weighted by Gasteiger charge is -2.37. The van der Waals surface area contributed by atoms with Crippen LogP contribution in [0.25, 0.3) is 0 Å². The number of rotatable bonds is 2. The third kappa shape index (κ3) is 2.94. The number of para-hydroxylation sites is 2. The van der Waals surface area contributed by atoms with Gasteiger partial charge in [0, 0.05) is 26.1 Å². The summed E-state index contributed by atoms with van der Waals surface area (Å²) in [5, 5.41) is 8.17. The van der Waals surface area contributed by atoms with Crippen LogP contribution in [-0.4, -0.2) is 50.9 Å². The van der Waals surface area contributed by atoms with Gasteiger partial charge in [-0.05, 0) is 31.9 Å². The van der Waals surface area contributed by atoms with Crippen molar-refractivity contribution in [2.75, 3.05) is 13.1 Å². The third-order valence-corrected chi connectivity index (χ3v) is 4.93. The van der Waals surface area contributed by atoms with Crippen molar-refractivity contribution in [1.82, 2.24) is 19.7 Å². The van der Waals surface area contributed by atoms with Gasteiger partial charge in [0.1, 0.15) is 18.3 Å². The van der Waals surface area contributed by atoms with Gasteiger partial charge >= 0.3 is 0 Å². The minimum absolute atomic E-state index is 0.0196. The fourth-order valence-corrected chi connectivity index (χ4v) is 3.62. The Labute approximate surface area is 146 Å². The summed E-state index contributed by atoms with van der Waals surface area (Å²) in [7, 11) is 1.94. The Hall–Kier alpha value is -2.57. The van der Waals surface area contributed by atoms with Crippen LogP contribution < -0.4 is 9.47 Å². The number of piperidine rings is 1. The van der Waals surface area contributed by atoms with Crippen molar-refractivity contribution in [3.8, 4) is 11.5 Å². The van der Waals surface area contributed by atoms with Crippen LogP contribution in [0.15, 0.2) is 30.6 Å². The quantitative estimate of drug-likeness (QED) is 0.832. The summed E-state index contributed by atoms with van der Waals surface area (Å²) in [5.41, 5.74) is 0. The van der Waals surface area contributed by atoms with Gasteiger partial charge in [-0.1, -0.05) is 12.1 Å². The highest BCUT2D eigenvalue weighted by molar-refractivity contribution is 5.82. The summed E-state index contributed by atoms with van der Waals surface area (Å²) < 4.78 is 13.8. The second-order valence-electron chi connectivity index (χ2n) is 6.73. The van der Waals surface area contributed by atoms with Gasteiger partial charge in [0.2, 0.25) is 6.10 Å². The molecule has 3 atom stereocenters. The molecule has 2 aromatic rings. The molecule has 7 nitrogen and oxygen atoms in total. The van der Waals surface area contributed by atoms with Gasteiger partial charge in [0.05, 0.1) is 0 Å². The molecule has 0 unspecified atom stereocenters. The van der Waals surface area contributed by atoms with E-state index in [0.29, 0.717) is 18.0 Å². The molecule has 2 aliphatic heterocycles. The standard InChI is InChI=1S/C18H22N4O3/c1-12-16(25-15-8-4-3-7-14(15)24-12)18(23)22-9-5-6-13(10-22)17-20-19-11-21(17)2/h3-4,7-8,11-13,16H,5-6,9-10H2,1-2H3/t12-,13-,16-/m0/s1. The van der Waals surface area contributed by atoms with Crippen LogP contribution in [0.1, 0.15) is 31.5 Å². The number of fused-ring (bicyclic) bond motifs is 1. The highest BCUT2D eigenvalue weighted by atomic mass is 16.6. The van der Waals surface area contributed by atoms with E-state index in [0.717, 1.165) is 25.2 Å². The first kappa shape index (κ1) is 15.9. The zero-order chi connectivity index (χ0) is 17.4. The number of aromatic nitrogens is 3. The van der Waals surface area contributed by atoms with Gasteiger partial charge in [0.25, 0.3) is 5.91 Å². The maximum Gasteiger partial charge on any atom is 0.267 e. The van der Waals surface area contributed by atoms with Gasteiger partial charge in [-0.25, -0.2) is 0 Å². The molecular weight excluding hydrogens is 320 g/mol. The molecular formula is C18H22N4O3. The zero-order valence-corrected chi connectivity index (χ0v) is 14.5. The highest BCUT2D eigenvalue weighted by Gasteiger charge is 2.38. The molecule has 0 spiro atoms. The molecule has 7 heteroatoms. The van der Waals surface area contributed by atoms with Crippen molar-refractivity contribution in [2.45, 2.75) is 37.9 Å². The zero-order valence-electron chi connectivity index (χ0n) is 14.5.